The Labute approximate surface area is 206 Å². The summed E-state index contributed by atoms with van der Waals surface area (Å²) < 4.78 is 6.54. The number of aromatic nitrogens is 1. The molecule has 7 nitrogen and oxygen atoms in total. The molecule has 4 aromatic rings. The van der Waals surface area contributed by atoms with Gasteiger partial charge in [-0.3, -0.25) is 24.2 Å². The number of para-hydroxylation sites is 1. The minimum absolute atomic E-state index is 0.160. The molecular weight excluding hydrogens is 462 g/mol. The first-order chi connectivity index (χ1) is 17.0. The first-order valence-electron chi connectivity index (χ1n) is 11.4. The van der Waals surface area contributed by atoms with Gasteiger partial charge in [0, 0.05) is 18.4 Å². The third-order valence-electron chi connectivity index (χ3n) is 5.78. The van der Waals surface area contributed by atoms with E-state index in [9.17, 15) is 14.4 Å². The van der Waals surface area contributed by atoms with Gasteiger partial charge in [0.1, 0.15) is 5.75 Å². The minimum Gasteiger partial charge on any atom is -0.494 e. The number of rotatable bonds is 7. The molecule has 0 unspecified atom stereocenters. The number of imide groups is 1. The maximum atomic E-state index is 13.7. The zero-order valence-electron chi connectivity index (χ0n) is 19.1. The van der Waals surface area contributed by atoms with Crippen LogP contribution in [0.3, 0.4) is 0 Å². The molecule has 35 heavy (non-hydrogen) atoms. The fourth-order valence-electron chi connectivity index (χ4n) is 3.99. The molecule has 2 heterocycles. The summed E-state index contributed by atoms with van der Waals surface area (Å²) in [4.78, 5) is 45.2. The van der Waals surface area contributed by atoms with Crippen molar-refractivity contribution in [3.8, 4) is 5.75 Å². The second kappa shape index (κ2) is 9.68. The largest absolute Gasteiger partial charge is 0.494 e. The molecule has 0 aliphatic carbocycles. The number of carbonyl (C=O) groups excluding carboxylic acids is 3. The van der Waals surface area contributed by atoms with Crippen LogP contribution in [0.15, 0.2) is 72.8 Å². The van der Waals surface area contributed by atoms with E-state index >= 15 is 0 Å². The van der Waals surface area contributed by atoms with Gasteiger partial charge in [-0.05, 0) is 61.0 Å². The van der Waals surface area contributed by atoms with Gasteiger partial charge in [0.05, 0.1) is 29.1 Å². The number of ether oxygens (including phenoxy) is 1. The number of carbonyl (C=O) groups is 3. The number of anilines is 2. The number of hydrogen-bond acceptors (Lipinski definition) is 6. The molecule has 0 bridgehead atoms. The van der Waals surface area contributed by atoms with Gasteiger partial charge in [-0.15, -0.1) is 0 Å². The standard InChI is InChI=1S/C27H23N3O4S/c1-2-34-21-13-11-20(12-14-21)30(27-28-22-5-3-4-6-23(22)35-27)26(33)19-9-7-18(8-10-19)17-29-24(31)15-16-25(29)32/h3-14H,2,15-17H2,1H3. The Balaban J connectivity index is 1.46. The van der Waals surface area contributed by atoms with Crippen LogP contribution in [0.1, 0.15) is 35.7 Å². The van der Waals surface area contributed by atoms with Crippen LogP contribution in [0.4, 0.5) is 10.8 Å². The lowest BCUT2D eigenvalue weighted by atomic mass is 10.1. The van der Waals surface area contributed by atoms with Gasteiger partial charge < -0.3 is 4.74 Å². The van der Waals surface area contributed by atoms with Crippen molar-refractivity contribution < 1.29 is 19.1 Å². The topological polar surface area (TPSA) is 79.8 Å². The van der Waals surface area contributed by atoms with Crippen LogP contribution in [-0.2, 0) is 16.1 Å². The van der Waals surface area contributed by atoms with Crippen LogP contribution in [0.5, 0.6) is 5.75 Å². The molecule has 3 aromatic carbocycles. The third kappa shape index (κ3) is 4.65. The predicted molar refractivity (Wildman–Crippen MR) is 135 cm³/mol. The van der Waals surface area contributed by atoms with Crippen molar-refractivity contribution in [3.05, 3.63) is 83.9 Å². The molecule has 1 fully saturated rings. The second-order valence-electron chi connectivity index (χ2n) is 8.10. The lowest BCUT2D eigenvalue weighted by molar-refractivity contribution is -0.139. The van der Waals surface area contributed by atoms with E-state index in [4.69, 9.17) is 9.72 Å². The van der Waals surface area contributed by atoms with Gasteiger partial charge in [-0.2, -0.15) is 0 Å². The molecule has 8 heteroatoms. The Bertz CT molecular complexity index is 1350. The van der Waals surface area contributed by atoms with Crippen LogP contribution in [0, 0.1) is 0 Å². The molecule has 5 rings (SSSR count). The fraction of sp³-hybridized carbons (Fsp3) is 0.185. The van der Waals surface area contributed by atoms with E-state index in [-0.39, 0.29) is 37.1 Å². The maximum absolute atomic E-state index is 13.7. The van der Waals surface area contributed by atoms with E-state index in [0.717, 1.165) is 21.5 Å². The Kier molecular flexibility index (Phi) is 6.29. The Hall–Kier alpha value is -4.04. The number of nitrogens with zero attached hydrogens (tertiary/aromatic N) is 3. The van der Waals surface area contributed by atoms with Crippen molar-refractivity contribution >= 4 is 50.1 Å². The summed E-state index contributed by atoms with van der Waals surface area (Å²) in [6.45, 7) is 2.69. The molecule has 1 aromatic heterocycles. The molecule has 0 atom stereocenters. The highest BCUT2D eigenvalue weighted by Crippen LogP contribution is 2.35. The van der Waals surface area contributed by atoms with E-state index < -0.39 is 0 Å². The summed E-state index contributed by atoms with van der Waals surface area (Å²) in [5, 5.41) is 0.567. The van der Waals surface area contributed by atoms with E-state index in [0.29, 0.717) is 23.0 Å². The van der Waals surface area contributed by atoms with Crippen molar-refractivity contribution in [2.24, 2.45) is 0 Å². The zero-order chi connectivity index (χ0) is 24.4. The Morgan fingerprint density at radius 3 is 2.31 bits per heavy atom. The van der Waals surface area contributed by atoms with Crippen LogP contribution in [0.25, 0.3) is 10.2 Å². The van der Waals surface area contributed by atoms with Crippen molar-refractivity contribution in [2.45, 2.75) is 26.3 Å². The summed E-state index contributed by atoms with van der Waals surface area (Å²) >= 11 is 1.44. The summed E-state index contributed by atoms with van der Waals surface area (Å²) in [6, 6.07) is 22.1. The van der Waals surface area contributed by atoms with Gasteiger partial charge in [0.25, 0.3) is 5.91 Å². The smallest absolute Gasteiger partial charge is 0.264 e. The van der Waals surface area contributed by atoms with Gasteiger partial charge >= 0.3 is 0 Å². The summed E-state index contributed by atoms with van der Waals surface area (Å²) in [6.07, 6.45) is 0.517. The lowest BCUT2D eigenvalue weighted by Crippen LogP contribution is -2.28. The van der Waals surface area contributed by atoms with E-state index in [1.807, 2.05) is 55.5 Å². The normalized spacial score (nSPS) is 13.5. The van der Waals surface area contributed by atoms with Crippen LogP contribution in [0.2, 0.25) is 0 Å². The quantitative estimate of drug-likeness (QED) is 0.331. The molecule has 1 aliphatic rings. The number of benzene rings is 3. The number of amides is 3. The number of hydrogen-bond donors (Lipinski definition) is 0. The van der Waals surface area contributed by atoms with E-state index in [1.54, 1.807) is 29.2 Å². The van der Waals surface area contributed by atoms with Crippen LogP contribution < -0.4 is 9.64 Å². The van der Waals surface area contributed by atoms with E-state index in [2.05, 4.69) is 0 Å². The molecule has 0 radical (unpaired) electrons. The predicted octanol–water partition coefficient (Wildman–Crippen LogP) is 5.32. The molecule has 1 aliphatic heterocycles. The number of likely N-dealkylation sites (tertiary alicyclic amines) is 1. The molecule has 0 N–H and O–H groups in total. The van der Waals surface area contributed by atoms with Crippen molar-refractivity contribution in [2.75, 3.05) is 11.5 Å². The average Bonchev–Trinajstić information content (AvgIpc) is 3.44. The van der Waals surface area contributed by atoms with Gasteiger partial charge in [0.2, 0.25) is 11.8 Å². The molecule has 1 saturated heterocycles. The Morgan fingerprint density at radius 1 is 0.971 bits per heavy atom. The highest BCUT2D eigenvalue weighted by atomic mass is 32.1. The van der Waals surface area contributed by atoms with Crippen molar-refractivity contribution in [1.82, 2.24) is 9.88 Å². The molecule has 176 valence electrons. The monoisotopic (exact) mass is 485 g/mol. The minimum atomic E-state index is -0.229. The van der Waals surface area contributed by atoms with Crippen LogP contribution in [-0.4, -0.2) is 34.2 Å². The number of thiazole rings is 1. The summed E-state index contributed by atoms with van der Waals surface area (Å²) in [7, 11) is 0. The van der Waals surface area contributed by atoms with Gasteiger partial charge in [-0.25, -0.2) is 4.98 Å². The highest BCUT2D eigenvalue weighted by Gasteiger charge is 2.29. The maximum Gasteiger partial charge on any atom is 0.264 e. The average molecular weight is 486 g/mol. The molecular formula is C27H23N3O4S. The Morgan fingerprint density at radius 2 is 1.66 bits per heavy atom. The molecule has 0 spiro atoms. The second-order valence-corrected chi connectivity index (χ2v) is 9.11. The van der Waals surface area contributed by atoms with Crippen LogP contribution >= 0.6 is 11.3 Å². The highest BCUT2D eigenvalue weighted by molar-refractivity contribution is 7.22. The summed E-state index contributed by atoms with van der Waals surface area (Å²) in [5.41, 5.74) is 2.76. The summed E-state index contributed by atoms with van der Waals surface area (Å²) in [5.74, 6) is 0.178. The van der Waals surface area contributed by atoms with Crippen molar-refractivity contribution in [1.29, 1.82) is 0 Å². The number of fused-ring (bicyclic) bond motifs is 1. The zero-order valence-corrected chi connectivity index (χ0v) is 20.0. The third-order valence-corrected chi connectivity index (χ3v) is 6.80. The van der Waals surface area contributed by atoms with Gasteiger partial charge in [0.15, 0.2) is 5.13 Å². The first-order valence-corrected chi connectivity index (χ1v) is 12.2. The molecule has 0 saturated carbocycles. The van der Waals surface area contributed by atoms with Crippen molar-refractivity contribution in [3.63, 3.8) is 0 Å². The fourth-order valence-corrected chi connectivity index (χ4v) is 4.98. The first kappa shape index (κ1) is 22.7. The van der Waals surface area contributed by atoms with E-state index in [1.165, 1.54) is 16.2 Å². The molecule has 3 amide bonds. The van der Waals surface area contributed by atoms with Gasteiger partial charge in [-0.1, -0.05) is 35.6 Å². The lowest BCUT2D eigenvalue weighted by Gasteiger charge is -2.21. The SMILES string of the molecule is CCOc1ccc(N(C(=O)c2ccc(CN3C(=O)CCC3=O)cc2)c2nc3ccccc3s2)cc1.